The molecule has 1 aromatic carbocycles. The van der Waals surface area contributed by atoms with E-state index in [2.05, 4.69) is 0 Å². The molecule has 6 heteroatoms. The highest BCUT2D eigenvalue weighted by Gasteiger charge is 2.24. The fourth-order valence-electron chi connectivity index (χ4n) is 1.01. The first kappa shape index (κ1) is 13.1. The van der Waals surface area contributed by atoms with Crippen LogP contribution in [0.25, 0.3) is 0 Å². The molecule has 0 spiro atoms. The van der Waals surface area contributed by atoms with Crippen molar-refractivity contribution < 1.29 is 21.4 Å². The van der Waals surface area contributed by atoms with Crippen LogP contribution in [0.4, 0.5) is 8.78 Å². The number of halogens is 2. The van der Waals surface area contributed by atoms with Gasteiger partial charge in [0.05, 0.1) is 10.5 Å². The maximum Gasteiger partial charge on any atom is 0.297 e. The molecule has 0 amide bonds. The Balaban J connectivity index is 3.13. The molecular weight excluding hydrogens is 238 g/mol. The second kappa shape index (κ2) is 4.10. The van der Waals surface area contributed by atoms with Crippen LogP contribution in [0.5, 0.6) is 0 Å². The minimum Gasteiger partial charge on any atom is -0.261 e. The molecule has 0 bridgehead atoms. The molecule has 16 heavy (non-hydrogen) atoms. The zero-order valence-electron chi connectivity index (χ0n) is 9.12. The van der Waals surface area contributed by atoms with E-state index in [1.165, 1.54) is 0 Å². The lowest BCUT2D eigenvalue weighted by Crippen LogP contribution is -2.24. The Morgan fingerprint density at radius 3 is 2.12 bits per heavy atom. The van der Waals surface area contributed by atoms with Crippen LogP contribution in [0.2, 0.25) is 0 Å². The lowest BCUT2D eigenvalue weighted by Gasteiger charge is -2.18. The summed E-state index contributed by atoms with van der Waals surface area (Å²) in [6.45, 7) is 4.64. The Bertz CT molecular complexity index is 489. The van der Waals surface area contributed by atoms with Crippen molar-refractivity contribution in [2.45, 2.75) is 31.3 Å². The maximum atomic E-state index is 12.8. The largest absolute Gasteiger partial charge is 0.297 e. The minimum atomic E-state index is -4.06. The molecule has 0 radical (unpaired) electrons. The first-order chi connectivity index (χ1) is 7.12. The Hall–Kier alpha value is -1.01. The SMILES string of the molecule is CC(C)(C)OS(=O)(=O)c1ccc(F)c(F)c1. The molecule has 1 rings (SSSR count). The van der Waals surface area contributed by atoms with E-state index in [1.54, 1.807) is 20.8 Å². The smallest absolute Gasteiger partial charge is 0.261 e. The summed E-state index contributed by atoms with van der Waals surface area (Å²) in [7, 11) is -4.06. The van der Waals surface area contributed by atoms with Gasteiger partial charge in [0.15, 0.2) is 11.6 Å². The van der Waals surface area contributed by atoms with Gasteiger partial charge in [-0.2, -0.15) is 8.42 Å². The second-order valence-electron chi connectivity index (χ2n) is 4.23. The topological polar surface area (TPSA) is 43.4 Å². The van der Waals surface area contributed by atoms with Gasteiger partial charge in [-0.15, -0.1) is 0 Å². The van der Waals surface area contributed by atoms with E-state index in [-0.39, 0.29) is 0 Å². The molecule has 1 aromatic rings. The van der Waals surface area contributed by atoms with Crippen LogP contribution < -0.4 is 0 Å². The molecule has 0 N–H and O–H groups in total. The highest BCUT2D eigenvalue weighted by Crippen LogP contribution is 2.21. The third-order valence-electron chi connectivity index (χ3n) is 1.54. The van der Waals surface area contributed by atoms with Crippen molar-refractivity contribution in [3.8, 4) is 0 Å². The van der Waals surface area contributed by atoms with E-state index in [0.717, 1.165) is 12.1 Å². The highest BCUT2D eigenvalue weighted by atomic mass is 32.2. The van der Waals surface area contributed by atoms with E-state index >= 15 is 0 Å². The normalized spacial score (nSPS) is 12.8. The number of benzene rings is 1. The molecule has 0 aliphatic heterocycles. The van der Waals surface area contributed by atoms with Crippen LogP contribution in [0.15, 0.2) is 23.1 Å². The number of hydrogen-bond donors (Lipinski definition) is 0. The predicted octanol–water partition coefficient (Wildman–Crippen LogP) is 2.47. The first-order valence-corrected chi connectivity index (χ1v) is 5.93. The fourth-order valence-corrected chi connectivity index (χ4v) is 2.25. The summed E-state index contributed by atoms with van der Waals surface area (Å²) >= 11 is 0. The standard InChI is InChI=1S/C10H12F2O3S/c1-10(2,3)15-16(13,14)7-4-5-8(11)9(12)6-7/h4-6H,1-3H3. The lowest BCUT2D eigenvalue weighted by molar-refractivity contribution is 0.139. The van der Waals surface area contributed by atoms with E-state index < -0.39 is 32.2 Å². The molecule has 0 saturated carbocycles. The third-order valence-corrected chi connectivity index (χ3v) is 3.09. The fraction of sp³-hybridized carbons (Fsp3) is 0.400. The zero-order valence-corrected chi connectivity index (χ0v) is 9.94. The summed E-state index contributed by atoms with van der Waals surface area (Å²) in [6.07, 6.45) is 0. The summed E-state index contributed by atoms with van der Waals surface area (Å²) in [4.78, 5) is -0.402. The average molecular weight is 250 g/mol. The quantitative estimate of drug-likeness (QED) is 0.757. The predicted molar refractivity (Wildman–Crippen MR) is 54.4 cm³/mol. The average Bonchev–Trinajstić information content (AvgIpc) is 2.05. The Labute approximate surface area is 93.2 Å². The molecule has 0 saturated heterocycles. The van der Waals surface area contributed by atoms with Gasteiger partial charge < -0.3 is 0 Å². The molecule has 0 unspecified atom stereocenters. The Morgan fingerprint density at radius 2 is 1.69 bits per heavy atom. The van der Waals surface area contributed by atoms with Gasteiger partial charge in [0.1, 0.15) is 0 Å². The van der Waals surface area contributed by atoms with Crippen LogP contribution in [0.1, 0.15) is 20.8 Å². The zero-order chi connectivity index (χ0) is 12.6. The van der Waals surface area contributed by atoms with E-state index in [9.17, 15) is 17.2 Å². The molecule has 90 valence electrons. The lowest BCUT2D eigenvalue weighted by atomic mass is 10.2. The van der Waals surface area contributed by atoms with Gasteiger partial charge in [0, 0.05) is 0 Å². The van der Waals surface area contributed by atoms with Crippen LogP contribution >= 0.6 is 0 Å². The van der Waals surface area contributed by atoms with E-state index in [4.69, 9.17) is 4.18 Å². The van der Waals surface area contributed by atoms with Crippen molar-refractivity contribution in [2.24, 2.45) is 0 Å². The Morgan fingerprint density at radius 1 is 1.12 bits per heavy atom. The van der Waals surface area contributed by atoms with Gasteiger partial charge in [0.2, 0.25) is 0 Å². The molecule has 3 nitrogen and oxygen atoms in total. The van der Waals surface area contributed by atoms with Gasteiger partial charge in [-0.3, -0.25) is 4.18 Å². The summed E-state index contributed by atoms with van der Waals surface area (Å²) < 4.78 is 53.5. The van der Waals surface area contributed by atoms with Crippen LogP contribution in [0.3, 0.4) is 0 Å². The van der Waals surface area contributed by atoms with Crippen LogP contribution in [-0.2, 0) is 14.3 Å². The maximum absolute atomic E-state index is 12.8. The molecular formula is C10H12F2O3S. The molecule has 0 aromatic heterocycles. The van der Waals surface area contributed by atoms with Crippen molar-refractivity contribution in [1.29, 1.82) is 0 Å². The highest BCUT2D eigenvalue weighted by molar-refractivity contribution is 7.86. The minimum absolute atomic E-state index is 0.402. The molecule has 0 heterocycles. The van der Waals surface area contributed by atoms with Gasteiger partial charge in [-0.25, -0.2) is 8.78 Å². The summed E-state index contributed by atoms with van der Waals surface area (Å²) in [5.74, 6) is -2.33. The van der Waals surface area contributed by atoms with E-state index in [0.29, 0.717) is 6.07 Å². The Kier molecular flexibility index (Phi) is 3.35. The van der Waals surface area contributed by atoms with Gasteiger partial charge >= 0.3 is 0 Å². The number of hydrogen-bond acceptors (Lipinski definition) is 3. The van der Waals surface area contributed by atoms with Gasteiger partial charge in [-0.05, 0) is 39.0 Å². The van der Waals surface area contributed by atoms with Crippen molar-refractivity contribution in [3.63, 3.8) is 0 Å². The number of rotatable bonds is 2. The van der Waals surface area contributed by atoms with E-state index in [1.807, 2.05) is 0 Å². The monoisotopic (exact) mass is 250 g/mol. The summed E-state index contributed by atoms with van der Waals surface area (Å²) in [6, 6.07) is 2.30. The van der Waals surface area contributed by atoms with Gasteiger partial charge in [-0.1, -0.05) is 0 Å². The van der Waals surface area contributed by atoms with Crippen molar-refractivity contribution in [1.82, 2.24) is 0 Å². The van der Waals surface area contributed by atoms with Crippen molar-refractivity contribution in [2.75, 3.05) is 0 Å². The summed E-state index contributed by atoms with van der Waals surface area (Å²) in [5.41, 5.74) is -0.927. The molecule has 0 atom stereocenters. The summed E-state index contributed by atoms with van der Waals surface area (Å²) in [5, 5.41) is 0. The molecule has 0 aliphatic carbocycles. The van der Waals surface area contributed by atoms with Gasteiger partial charge in [0.25, 0.3) is 10.1 Å². The first-order valence-electron chi connectivity index (χ1n) is 4.52. The van der Waals surface area contributed by atoms with Crippen molar-refractivity contribution in [3.05, 3.63) is 29.8 Å². The molecule has 0 aliphatic rings. The third kappa shape index (κ3) is 3.24. The second-order valence-corrected chi connectivity index (χ2v) is 5.77. The van der Waals surface area contributed by atoms with Crippen LogP contribution in [-0.4, -0.2) is 14.0 Å². The molecule has 0 fully saturated rings. The van der Waals surface area contributed by atoms with Crippen molar-refractivity contribution >= 4 is 10.1 Å². The van der Waals surface area contributed by atoms with Crippen LogP contribution in [0, 0.1) is 11.6 Å².